The standard InChI is InChI=1S/C12H10ClF3N2O2/c13-8-4-3-7(12(14,15)16)5-9(8)17-11(20)18-10(19)6-1-2-6/h3-6H,1-2H2,(H2,17,18,19,20). The summed E-state index contributed by atoms with van der Waals surface area (Å²) in [5, 5.41) is 4.13. The van der Waals surface area contributed by atoms with Crippen LogP contribution in [0.25, 0.3) is 0 Å². The first-order valence-corrected chi connectivity index (χ1v) is 6.14. The van der Waals surface area contributed by atoms with Gasteiger partial charge in [0.25, 0.3) is 0 Å². The number of hydrogen-bond donors (Lipinski definition) is 2. The zero-order chi connectivity index (χ0) is 14.9. The van der Waals surface area contributed by atoms with E-state index in [1.54, 1.807) is 0 Å². The highest BCUT2D eigenvalue weighted by molar-refractivity contribution is 6.33. The van der Waals surface area contributed by atoms with E-state index >= 15 is 0 Å². The van der Waals surface area contributed by atoms with Crippen molar-refractivity contribution in [2.75, 3.05) is 5.32 Å². The Balaban J connectivity index is 2.07. The van der Waals surface area contributed by atoms with E-state index in [-0.39, 0.29) is 16.6 Å². The molecule has 8 heteroatoms. The first kappa shape index (κ1) is 14.6. The normalized spacial score (nSPS) is 14.8. The van der Waals surface area contributed by atoms with Crippen LogP contribution in [-0.2, 0) is 11.0 Å². The van der Waals surface area contributed by atoms with Crippen LogP contribution in [0.5, 0.6) is 0 Å². The molecule has 4 nitrogen and oxygen atoms in total. The van der Waals surface area contributed by atoms with Gasteiger partial charge in [-0.05, 0) is 31.0 Å². The fourth-order valence-electron chi connectivity index (χ4n) is 1.51. The quantitative estimate of drug-likeness (QED) is 0.879. The highest BCUT2D eigenvalue weighted by Crippen LogP contribution is 2.34. The van der Waals surface area contributed by atoms with Crippen molar-refractivity contribution in [3.63, 3.8) is 0 Å². The summed E-state index contributed by atoms with van der Waals surface area (Å²) in [6.45, 7) is 0. The van der Waals surface area contributed by atoms with Crippen molar-refractivity contribution >= 4 is 29.2 Å². The predicted octanol–water partition coefficient (Wildman–Crippen LogP) is 3.42. The third-order valence-corrected chi connectivity index (χ3v) is 3.06. The minimum Gasteiger partial charge on any atom is -0.306 e. The summed E-state index contributed by atoms with van der Waals surface area (Å²) in [5.74, 6) is -0.622. The molecular formula is C12H10ClF3N2O2. The third kappa shape index (κ3) is 3.63. The SMILES string of the molecule is O=C(NC(=O)C1CC1)Nc1cc(C(F)(F)F)ccc1Cl. The van der Waals surface area contributed by atoms with Gasteiger partial charge >= 0.3 is 12.2 Å². The molecule has 0 saturated heterocycles. The van der Waals surface area contributed by atoms with E-state index in [0.29, 0.717) is 18.9 Å². The van der Waals surface area contributed by atoms with Crippen molar-refractivity contribution in [3.8, 4) is 0 Å². The molecule has 0 unspecified atom stereocenters. The third-order valence-electron chi connectivity index (χ3n) is 2.73. The molecule has 0 radical (unpaired) electrons. The first-order chi connectivity index (χ1) is 9.27. The molecule has 0 bridgehead atoms. The van der Waals surface area contributed by atoms with Crippen molar-refractivity contribution in [2.24, 2.45) is 5.92 Å². The van der Waals surface area contributed by atoms with E-state index in [9.17, 15) is 22.8 Å². The minimum absolute atomic E-state index is 0.0491. The maximum absolute atomic E-state index is 12.5. The molecular weight excluding hydrogens is 297 g/mol. The number of imide groups is 1. The number of carbonyl (C=O) groups is 2. The number of carbonyl (C=O) groups excluding carboxylic acids is 2. The number of anilines is 1. The summed E-state index contributed by atoms with van der Waals surface area (Å²) in [4.78, 5) is 22.8. The molecule has 1 fully saturated rings. The molecule has 3 amide bonds. The molecule has 2 N–H and O–H groups in total. The van der Waals surface area contributed by atoms with Crippen LogP contribution in [0, 0.1) is 5.92 Å². The van der Waals surface area contributed by atoms with Gasteiger partial charge in [0.2, 0.25) is 5.91 Å². The molecule has 1 aliphatic rings. The molecule has 1 aromatic carbocycles. The molecule has 1 aromatic rings. The van der Waals surface area contributed by atoms with Gasteiger partial charge < -0.3 is 5.32 Å². The van der Waals surface area contributed by atoms with Gasteiger partial charge in [-0.3, -0.25) is 10.1 Å². The van der Waals surface area contributed by atoms with Crippen LogP contribution in [0.3, 0.4) is 0 Å². The lowest BCUT2D eigenvalue weighted by Gasteiger charge is -2.11. The Kier molecular flexibility index (Phi) is 3.89. The van der Waals surface area contributed by atoms with Crippen LogP contribution in [0.1, 0.15) is 18.4 Å². The van der Waals surface area contributed by atoms with Crippen LogP contribution in [0.15, 0.2) is 18.2 Å². The van der Waals surface area contributed by atoms with Crippen LogP contribution >= 0.6 is 11.6 Å². The highest BCUT2D eigenvalue weighted by atomic mass is 35.5. The van der Waals surface area contributed by atoms with Crippen LogP contribution in [0.2, 0.25) is 5.02 Å². The molecule has 20 heavy (non-hydrogen) atoms. The summed E-state index contributed by atoms with van der Waals surface area (Å²) >= 11 is 5.71. The molecule has 1 saturated carbocycles. The second kappa shape index (κ2) is 5.32. The molecule has 0 aromatic heterocycles. The lowest BCUT2D eigenvalue weighted by Crippen LogP contribution is -2.35. The molecule has 2 rings (SSSR count). The Morgan fingerprint density at radius 3 is 2.45 bits per heavy atom. The second-order valence-electron chi connectivity index (χ2n) is 4.41. The fraction of sp³-hybridized carbons (Fsp3) is 0.333. The van der Waals surface area contributed by atoms with Crippen LogP contribution in [0.4, 0.5) is 23.7 Å². The lowest BCUT2D eigenvalue weighted by molar-refractivity contribution is -0.137. The summed E-state index contributed by atoms with van der Waals surface area (Å²) in [7, 11) is 0. The van der Waals surface area contributed by atoms with Crippen molar-refractivity contribution in [2.45, 2.75) is 19.0 Å². The van der Waals surface area contributed by atoms with Crippen molar-refractivity contribution < 1.29 is 22.8 Å². The van der Waals surface area contributed by atoms with E-state index < -0.39 is 23.7 Å². The summed E-state index contributed by atoms with van der Waals surface area (Å²) in [6, 6.07) is 1.65. The zero-order valence-corrected chi connectivity index (χ0v) is 10.8. The van der Waals surface area contributed by atoms with Gasteiger partial charge in [0.15, 0.2) is 0 Å². The van der Waals surface area contributed by atoms with E-state index in [0.717, 1.165) is 12.1 Å². The summed E-state index contributed by atoms with van der Waals surface area (Å²) in [6.07, 6.45) is -3.12. The number of nitrogens with one attached hydrogen (secondary N) is 2. The van der Waals surface area contributed by atoms with E-state index in [4.69, 9.17) is 11.6 Å². The molecule has 108 valence electrons. The van der Waals surface area contributed by atoms with Crippen molar-refractivity contribution in [3.05, 3.63) is 28.8 Å². The van der Waals surface area contributed by atoms with Gasteiger partial charge in [-0.25, -0.2) is 4.79 Å². The summed E-state index contributed by atoms with van der Waals surface area (Å²) in [5.41, 5.74) is -1.15. The van der Waals surface area contributed by atoms with Crippen LogP contribution < -0.4 is 10.6 Å². The van der Waals surface area contributed by atoms with E-state index in [2.05, 4.69) is 5.32 Å². The molecule has 0 heterocycles. The number of rotatable bonds is 2. The number of alkyl halides is 3. The zero-order valence-electron chi connectivity index (χ0n) is 10.1. The monoisotopic (exact) mass is 306 g/mol. The smallest absolute Gasteiger partial charge is 0.306 e. The number of halogens is 4. The molecule has 0 aliphatic heterocycles. The molecule has 0 spiro atoms. The minimum atomic E-state index is -4.54. The Morgan fingerprint density at radius 1 is 1.25 bits per heavy atom. The van der Waals surface area contributed by atoms with Gasteiger partial charge in [-0.2, -0.15) is 13.2 Å². The largest absolute Gasteiger partial charge is 0.416 e. The van der Waals surface area contributed by atoms with Gasteiger partial charge in [-0.15, -0.1) is 0 Å². The van der Waals surface area contributed by atoms with Gasteiger partial charge in [-0.1, -0.05) is 11.6 Å². The van der Waals surface area contributed by atoms with Crippen molar-refractivity contribution in [1.29, 1.82) is 0 Å². The Morgan fingerprint density at radius 2 is 1.90 bits per heavy atom. The first-order valence-electron chi connectivity index (χ1n) is 5.76. The lowest BCUT2D eigenvalue weighted by atomic mass is 10.2. The molecule has 1 aliphatic carbocycles. The summed E-state index contributed by atoms with van der Waals surface area (Å²) < 4.78 is 37.6. The maximum atomic E-state index is 12.5. The molecule has 0 atom stereocenters. The number of amides is 3. The number of hydrogen-bond acceptors (Lipinski definition) is 2. The fourth-order valence-corrected chi connectivity index (χ4v) is 1.68. The van der Waals surface area contributed by atoms with Gasteiger partial charge in [0, 0.05) is 5.92 Å². The van der Waals surface area contributed by atoms with E-state index in [1.165, 1.54) is 0 Å². The van der Waals surface area contributed by atoms with Gasteiger partial charge in [0.05, 0.1) is 16.3 Å². The Labute approximate surface area is 117 Å². The average molecular weight is 307 g/mol. The topological polar surface area (TPSA) is 58.2 Å². The Hall–Kier alpha value is -1.76. The van der Waals surface area contributed by atoms with Crippen molar-refractivity contribution in [1.82, 2.24) is 5.32 Å². The highest BCUT2D eigenvalue weighted by Gasteiger charge is 2.32. The van der Waals surface area contributed by atoms with Gasteiger partial charge in [0.1, 0.15) is 0 Å². The number of urea groups is 1. The average Bonchev–Trinajstić information content (AvgIpc) is 3.14. The number of benzene rings is 1. The van der Waals surface area contributed by atoms with Crippen LogP contribution in [-0.4, -0.2) is 11.9 Å². The maximum Gasteiger partial charge on any atom is 0.416 e. The predicted molar refractivity (Wildman–Crippen MR) is 66.3 cm³/mol. The van der Waals surface area contributed by atoms with E-state index in [1.807, 2.05) is 5.32 Å². The second-order valence-corrected chi connectivity index (χ2v) is 4.82. The Bertz CT molecular complexity index is 556.